The van der Waals surface area contributed by atoms with Crippen LogP contribution in [0.1, 0.15) is 25.1 Å². The van der Waals surface area contributed by atoms with E-state index in [0.29, 0.717) is 11.8 Å². The van der Waals surface area contributed by atoms with Crippen molar-refractivity contribution in [3.63, 3.8) is 0 Å². The molecule has 4 nitrogen and oxygen atoms in total. The van der Waals surface area contributed by atoms with Crippen molar-refractivity contribution in [1.29, 1.82) is 0 Å². The van der Waals surface area contributed by atoms with Crippen LogP contribution in [0.3, 0.4) is 0 Å². The molecular formula is C12H17F3N4S. The maximum absolute atomic E-state index is 12.7. The highest BCUT2D eigenvalue weighted by molar-refractivity contribution is 7.99. The molecule has 0 spiro atoms. The molecule has 0 bridgehead atoms. The standard InChI is InChI=1S/C12H17F3N4S/c1-16-9-6-10(19-11(18-9)12(13,14)15)17-7-8-4-2-3-5-20-8/h6,8H,2-5,7H2,1H3,(H2,16,17,18,19). The molecule has 20 heavy (non-hydrogen) atoms. The van der Waals surface area contributed by atoms with E-state index in [-0.39, 0.29) is 11.6 Å². The highest BCUT2D eigenvalue weighted by Gasteiger charge is 2.35. The molecule has 0 aromatic carbocycles. The Labute approximate surface area is 120 Å². The Morgan fingerprint density at radius 2 is 2.05 bits per heavy atom. The summed E-state index contributed by atoms with van der Waals surface area (Å²) in [4.78, 5) is 6.97. The lowest BCUT2D eigenvalue weighted by Crippen LogP contribution is -2.21. The van der Waals surface area contributed by atoms with Crippen molar-refractivity contribution >= 4 is 23.4 Å². The lowest BCUT2D eigenvalue weighted by Gasteiger charge is -2.22. The Morgan fingerprint density at radius 3 is 2.65 bits per heavy atom. The number of nitrogens with one attached hydrogen (secondary N) is 2. The first-order valence-electron chi connectivity index (χ1n) is 6.48. The Balaban J connectivity index is 2.06. The van der Waals surface area contributed by atoms with E-state index in [1.54, 1.807) is 0 Å². The molecule has 2 rings (SSSR count). The van der Waals surface area contributed by atoms with Gasteiger partial charge in [0.25, 0.3) is 0 Å². The van der Waals surface area contributed by atoms with Crippen molar-refractivity contribution < 1.29 is 13.2 Å². The van der Waals surface area contributed by atoms with Crippen LogP contribution in [-0.2, 0) is 6.18 Å². The number of anilines is 2. The number of halogens is 3. The summed E-state index contributed by atoms with van der Waals surface area (Å²) >= 11 is 1.86. The molecule has 2 heterocycles. The van der Waals surface area contributed by atoms with E-state index in [9.17, 15) is 13.2 Å². The van der Waals surface area contributed by atoms with Gasteiger partial charge < -0.3 is 10.6 Å². The minimum atomic E-state index is -4.54. The van der Waals surface area contributed by atoms with Gasteiger partial charge in [0, 0.05) is 24.9 Å². The number of hydrogen-bond donors (Lipinski definition) is 2. The van der Waals surface area contributed by atoms with Crippen LogP contribution in [0, 0.1) is 0 Å². The molecule has 0 radical (unpaired) electrons. The molecule has 1 fully saturated rings. The summed E-state index contributed by atoms with van der Waals surface area (Å²) in [5, 5.41) is 6.05. The van der Waals surface area contributed by atoms with Gasteiger partial charge in [0.15, 0.2) is 0 Å². The lowest BCUT2D eigenvalue weighted by molar-refractivity contribution is -0.144. The molecular weight excluding hydrogens is 289 g/mol. The van der Waals surface area contributed by atoms with Crippen LogP contribution < -0.4 is 10.6 Å². The van der Waals surface area contributed by atoms with Crippen molar-refractivity contribution in [3.8, 4) is 0 Å². The van der Waals surface area contributed by atoms with Crippen LogP contribution >= 0.6 is 11.8 Å². The van der Waals surface area contributed by atoms with Crippen LogP contribution in [0.25, 0.3) is 0 Å². The Bertz CT molecular complexity index is 447. The van der Waals surface area contributed by atoms with Crippen molar-refractivity contribution in [2.24, 2.45) is 0 Å². The second-order valence-corrected chi connectivity index (χ2v) is 5.99. The van der Waals surface area contributed by atoms with Gasteiger partial charge in [0.2, 0.25) is 5.82 Å². The third-order valence-corrected chi connectivity index (χ3v) is 4.42. The Hall–Kier alpha value is -1.18. The molecule has 0 amide bonds. The summed E-state index contributed by atoms with van der Waals surface area (Å²) in [7, 11) is 1.53. The summed E-state index contributed by atoms with van der Waals surface area (Å²) in [5.74, 6) is 0.364. The van der Waals surface area contributed by atoms with E-state index in [0.717, 1.165) is 12.2 Å². The SMILES string of the molecule is CNc1cc(NCC2CCCCS2)nc(C(F)(F)F)n1. The van der Waals surface area contributed by atoms with Crippen molar-refractivity contribution in [2.75, 3.05) is 30.0 Å². The van der Waals surface area contributed by atoms with Crippen LogP contribution in [-0.4, -0.2) is 34.6 Å². The molecule has 8 heteroatoms. The molecule has 1 saturated heterocycles. The molecule has 1 aromatic heterocycles. The molecule has 1 aliphatic heterocycles. The zero-order chi connectivity index (χ0) is 14.6. The minimum absolute atomic E-state index is 0.158. The summed E-state index contributed by atoms with van der Waals surface area (Å²) in [6.07, 6.45) is -1.05. The molecule has 112 valence electrons. The number of aromatic nitrogens is 2. The summed E-state index contributed by atoms with van der Waals surface area (Å²) in [6, 6.07) is 1.49. The third-order valence-electron chi connectivity index (χ3n) is 3.02. The van der Waals surface area contributed by atoms with Gasteiger partial charge >= 0.3 is 6.18 Å². The topological polar surface area (TPSA) is 49.8 Å². The minimum Gasteiger partial charge on any atom is -0.373 e. The zero-order valence-electron chi connectivity index (χ0n) is 11.1. The first-order chi connectivity index (χ1) is 9.49. The number of thioether (sulfide) groups is 1. The van der Waals surface area contributed by atoms with Crippen LogP contribution in [0.15, 0.2) is 6.07 Å². The summed E-state index contributed by atoms with van der Waals surface area (Å²) in [5.41, 5.74) is 0. The smallest absolute Gasteiger partial charge is 0.373 e. The number of rotatable bonds is 4. The van der Waals surface area contributed by atoms with Gasteiger partial charge in [-0.25, -0.2) is 9.97 Å². The van der Waals surface area contributed by atoms with E-state index in [1.165, 1.54) is 26.0 Å². The van der Waals surface area contributed by atoms with Crippen molar-refractivity contribution in [3.05, 3.63) is 11.9 Å². The summed E-state index contributed by atoms with van der Waals surface area (Å²) in [6.45, 7) is 0.627. The Kier molecular flexibility index (Phi) is 4.95. The maximum atomic E-state index is 12.7. The fraction of sp³-hybridized carbons (Fsp3) is 0.667. The molecule has 1 atom stereocenters. The van der Waals surface area contributed by atoms with E-state index < -0.39 is 12.0 Å². The predicted octanol–water partition coefficient (Wildman–Crippen LogP) is 3.23. The van der Waals surface area contributed by atoms with E-state index in [4.69, 9.17) is 0 Å². The first kappa shape index (κ1) is 15.2. The fourth-order valence-electron chi connectivity index (χ4n) is 1.98. The lowest BCUT2D eigenvalue weighted by atomic mass is 10.2. The fourth-order valence-corrected chi connectivity index (χ4v) is 3.22. The average Bonchev–Trinajstić information content (AvgIpc) is 2.45. The van der Waals surface area contributed by atoms with Crippen molar-refractivity contribution in [2.45, 2.75) is 30.7 Å². The summed E-state index contributed by atoms with van der Waals surface area (Å²) < 4.78 is 38.1. The van der Waals surface area contributed by atoms with Crippen LogP contribution in [0.4, 0.5) is 24.8 Å². The van der Waals surface area contributed by atoms with E-state index in [1.807, 2.05) is 11.8 Å². The second-order valence-electron chi connectivity index (χ2n) is 4.58. The number of nitrogens with zero attached hydrogens (tertiary/aromatic N) is 2. The van der Waals surface area contributed by atoms with E-state index in [2.05, 4.69) is 20.6 Å². The molecule has 2 N–H and O–H groups in total. The van der Waals surface area contributed by atoms with Gasteiger partial charge in [-0.15, -0.1) is 0 Å². The highest BCUT2D eigenvalue weighted by Crippen LogP contribution is 2.29. The van der Waals surface area contributed by atoms with E-state index >= 15 is 0 Å². The van der Waals surface area contributed by atoms with Crippen molar-refractivity contribution in [1.82, 2.24) is 9.97 Å². The largest absolute Gasteiger partial charge is 0.451 e. The first-order valence-corrected chi connectivity index (χ1v) is 7.53. The van der Waals surface area contributed by atoms with Gasteiger partial charge in [0.1, 0.15) is 11.6 Å². The maximum Gasteiger partial charge on any atom is 0.451 e. The number of alkyl halides is 3. The quantitative estimate of drug-likeness (QED) is 0.894. The number of hydrogen-bond acceptors (Lipinski definition) is 5. The molecule has 1 aromatic rings. The predicted molar refractivity (Wildman–Crippen MR) is 75.2 cm³/mol. The average molecular weight is 306 g/mol. The van der Waals surface area contributed by atoms with Gasteiger partial charge in [-0.1, -0.05) is 6.42 Å². The van der Waals surface area contributed by atoms with Crippen LogP contribution in [0.2, 0.25) is 0 Å². The molecule has 0 aliphatic carbocycles. The zero-order valence-corrected chi connectivity index (χ0v) is 11.9. The van der Waals surface area contributed by atoms with Gasteiger partial charge in [0.05, 0.1) is 0 Å². The second kappa shape index (κ2) is 6.51. The highest BCUT2D eigenvalue weighted by atomic mass is 32.2. The molecule has 1 unspecified atom stereocenters. The normalized spacial score (nSPS) is 19.7. The monoisotopic (exact) mass is 306 g/mol. The Morgan fingerprint density at radius 1 is 1.30 bits per heavy atom. The third kappa shape index (κ3) is 4.16. The molecule has 0 saturated carbocycles. The van der Waals surface area contributed by atoms with Gasteiger partial charge in [-0.3, -0.25) is 0 Å². The molecule has 1 aliphatic rings. The van der Waals surface area contributed by atoms with Crippen LogP contribution in [0.5, 0.6) is 0 Å². The van der Waals surface area contributed by atoms with Gasteiger partial charge in [-0.05, 0) is 18.6 Å². The van der Waals surface area contributed by atoms with Gasteiger partial charge in [-0.2, -0.15) is 24.9 Å².